The summed E-state index contributed by atoms with van der Waals surface area (Å²) in [6.07, 6.45) is 0. The molecule has 0 heterocycles. The molecule has 0 saturated heterocycles. The van der Waals surface area contributed by atoms with Gasteiger partial charge in [0.25, 0.3) is 0 Å². The van der Waals surface area contributed by atoms with E-state index >= 15 is 0 Å². The van der Waals surface area contributed by atoms with Gasteiger partial charge in [0.1, 0.15) is 0 Å². The summed E-state index contributed by atoms with van der Waals surface area (Å²) in [5.41, 5.74) is 1.87. The van der Waals surface area contributed by atoms with E-state index in [0.717, 1.165) is 0 Å². The van der Waals surface area contributed by atoms with Crippen molar-refractivity contribution in [1.82, 2.24) is 0 Å². The van der Waals surface area contributed by atoms with Crippen LogP contribution in [-0.2, 0) is 10.5 Å². The average Bonchev–Trinajstić information content (AvgIpc) is 3.06. The van der Waals surface area contributed by atoms with Crippen molar-refractivity contribution in [2.24, 2.45) is 0 Å². The summed E-state index contributed by atoms with van der Waals surface area (Å²) < 4.78 is 0. The summed E-state index contributed by atoms with van der Waals surface area (Å²) in [4.78, 5) is 0. The Bertz CT molecular complexity index is 1600. The monoisotopic (exact) mass is 874 g/mol. The molecule has 0 nitrogen and oxygen atoms in total. The first kappa shape index (κ1) is 34.7. The van der Waals surface area contributed by atoms with Crippen molar-refractivity contribution in [3.05, 3.63) is 179 Å². The third-order valence-corrected chi connectivity index (χ3v) is 68.9. The average molecular weight is 877 g/mol. The van der Waals surface area contributed by atoms with Crippen LogP contribution in [0.15, 0.2) is 146 Å². The molecule has 0 unspecified atom stereocenters. The fourth-order valence-corrected chi connectivity index (χ4v) is 78.2. The Hall–Kier alpha value is -2.20. The van der Waals surface area contributed by atoms with Gasteiger partial charge in [-0.1, -0.05) is 0 Å². The minimum atomic E-state index is -3.10. The van der Waals surface area contributed by atoms with Gasteiger partial charge in [0.15, 0.2) is 0 Å². The van der Waals surface area contributed by atoms with Gasteiger partial charge in [0, 0.05) is 0 Å². The Morgan fingerprint density at radius 3 is 0.532 bits per heavy atom. The summed E-state index contributed by atoms with van der Waals surface area (Å²) in [6, 6.07) is 57.1. The third-order valence-electron chi connectivity index (χ3n) is 9.18. The van der Waals surface area contributed by atoms with Crippen LogP contribution in [-0.4, -0.2) is 0 Å². The fraction of sp³-hybridized carbons (Fsp3) is 0.143. The van der Waals surface area contributed by atoms with Gasteiger partial charge in [-0.2, -0.15) is 0 Å². The predicted octanol–water partition coefficient (Wildman–Crippen LogP) is 9.89. The first-order valence-electron chi connectivity index (χ1n) is 16.0. The van der Waals surface area contributed by atoms with E-state index in [4.69, 9.17) is 26.9 Å². The molecule has 0 aliphatic carbocycles. The van der Waals surface area contributed by atoms with Crippen LogP contribution >= 0.6 is 37.8 Å². The zero-order valence-electron chi connectivity index (χ0n) is 27.9. The van der Waals surface area contributed by atoms with Gasteiger partial charge < -0.3 is 0 Å². The number of benzene rings is 6. The Kier molecular flexibility index (Phi) is 10.3. The Morgan fingerprint density at radius 2 is 0.404 bits per heavy atom. The molecule has 0 atom stereocenters. The van der Waals surface area contributed by atoms with Crippen molar-refractivity contribution in [1.29, 1.82) is 0 Å². The Labute approximate surface area is 298 Å². The van der Waals surface area contributed by atoms with E-state index in [0.29, 0.717) is 0 Å². The van der Waals surface area contributed by atoms with Crippen molar-refractivity contribution in [3.8, 4) is 0 Å². The zero-order valence-corrected chi connectivity index (χ0v) is 34.7. The topological polar surface area (TPSA) is 0 Å². The van der Waals surface area contributed by atoms with Gasteiger partial charge in [-0.25, -0.2) is 0 Å². The molecule has 0 N–H and O–H groups in total. The predicted molar refractivity (Wildman–Crippen MR) is 219 cm³/mol. The standard InChI is InChI=1S/2C21H21P.2BrH.Pd/c2*1-16-4-10-19(11-5-16)22(20-12-6-17(2)7-13-20)21-14-8-18(3)9-15-21;;;/h2*4-15H,1-3H3;2*1H;. The maximum atomic E-state index is 4.95. The summed E-state index contributed by atoms with van der Waals surface area (Å²) in [6.45, 7) is 13.2. The molecule has 0 bridgehead atoms. The van der Waals surface area contributed by atoms with Crippen molar-refractivity contribution >= 4 is 69.6 Å². The quantitative estimate of drug-likeness (QED) is 0.106. The molecule has 0 spiro atoms. The second-order valence-corrected chi connectivity index (χ2v) is 58.8. The van der Waals surface area contributed by atoms with Crippen LogP contribution in [0.4, 0.5) is 0 Å². The van der Waals surface area contributed by atoms with Crippen molar-refractivity contribution in [2.75, 3.05) is 0 Å². The number of aryl methyl sites for hydroxylation is 6. The fourth-order valence-electron chi connectivity index (χ4n) is 6.50. The molecule has 0 amide bonds. The Balaban J connectivity index is 1.88. The molecule has 0 aliphatic heterocycles. The van der Waals surface area contributed by atoms with E-state index in [1.54, 1.807) is 0 Å². The zero-order chi connectivity index (χ0) is 33.4. The molecule has 47 heavy (non-hydrogen) atoms. The van der Waals surface area contributed by atoms with Gasteiger partial charge in [-0.3, -0.25) is 0 Å². The summed E-state index contributed by atoms with van der Waals surface area (Å²) in [5, 5.41) is 8.61. The number of hydrogen-bond acceptors (Lipinski definition) is 0. The number of hydrogen-bond donors (Lipinski definition) is 0. The normalized spacial score (nSPS) is 13.3. The van der Waals surface area contributed by atoms with E-state index in [1.807, 2.05) is 0 Å². The van der Waals surface area contributed by atoms with Gasteiger partial charge in [-0.15, -0.1) is 0 Å². The molecule has 6 aromatic carbocycles. The van der Waals surface area contributed by atoms with E-state index in [2.05, 4.69) is 187 Å². The van der Waals surface area contributed by atoms with Crippen LogP contribution in [0.1, 0.15) is 33.4 Å². The summed E-state index contributed by atoms with van der Waals surface area (Å²) >= 11 is 9.90. The van der Waals surface area contributed by atoms with Crippen LogP contribution in [0.25, 0.3) is 0 Å². The summed E-state index contributed by atoms with van der Waals surface area (Å²) in [7, 11) is -3.10. The van der Waals surface area contributed by atoms with Crippen molar-refractivity contribution in [2.45, 2.75) is 41.5 Å². The molecule has 0 aliphatic rings. The SMILES string of the molecule is Cc1ccc([PH](c2ccc(C)cc2)(c2ccc(C)cc2)[Pd]([Br])([Br])[PH](c2ccc(C)cc2)(c2ccc(C)cc2)c2ccc(C)cc2)cc1. The third kappa shape index (κ3) is 6.12. The molecule has 0 radical (unpaired) electrons. The molecule has 0 fully saturated rings. The second-order valence-electron chi connectivity index (χ2n) is 12.8. The van der Waals surface area contributed by atoms with Gasteiger partial charge >= 0.3 is 301 Å². The van der Waals surface area contributed by atoms with Crippen LogP contribution in [0.5, 0.6) is 0 Å². The molecular weight excluding hydrogens is 833 g/mol. The molecule has 0 aromatic heterocycles. The first-order valence-corrected chi connectivity index (χ1v) is 31.4. The molecular formula is C42H44Br2P2Pd. The molecule has 5 heteroatoms. The van der Waals surface area contributed by atoms with E-state index in [-0.39, 0.29) is 0 Å². The van der Waals surface area contributed by atoms with Crippen LogP contribution in [0, 0.1) is 41.5 Å². The van der Waals surface area contributed by atoms with Gasteiger partial charge in [0.2, 0.25) is 0 Å². The number of rotatable bonds is 8. The maximum absolute atomic E-state index is 4.95. The molecule has 0 saturated carbocycles. The van der Waals surface area contributed by atoms with Crippen LogP contribution in [0.2, 0.25) is 0 Å². The van der Waals surface area contributed by atoms with Crippen molar-refractivity contribution < 1.29 is 10.5 Å². The number of halogens is 2. The van der Waals surface area contributed by atoms with Gasteiger partial charge in [0.05, 0.1) is 0 Å². The van der Waals surface area contributed by atoms with Crippen LogP contribution in [0.3, 0.4) is 0 Å². The molecule has 246 valence electrons. The van der Waals surface area contributed by atoms with E-state index in [9.17, 15) is 0 Å². The van der Waals surface area contributed by atoms with Crippen LogP contribution < -0.4 is 31.8 Å². The summed E-state index contributed by atoms with van der Waals surface area (Å²) in [5.74, 6) is 0. The first-order chi connectivity index (χ1) is 22.5. The van der Waals surface area contributed by atoms with E-state index < -0.39 is 21.4 Å². The second kappa shape index (κ2) is 14.0. The Morgan fingerprint density at radius 1 is 0.277 bits per heavy atom. The minimum absolute atomic E-state index is 1.28. The molecule has 6 aromatic rings. The van der Waals surface area contributed by atoms with E-state index in [1.165, 1.54) is 65.2 Å². The van der Waals surface area contributed by atoms with Gasteiger partial charge in [-0.05, 0) is 0 Å². The van der Waals surface area contributed by atoms with Crippen molar-refractivity contribution in [3.63, 3.8) is 0 Å². The molecule has 6 rings (SSSR count).